The number of anilines is 1. The summed E-state index contributed by atoms with van der Waals surface area (Å²) in [6.45, 7) is 3.60. The van der Waals surface area contributed by atoms with Crippen molar-refractivity contribution in [2.24, 2.45) is 5.92 Å². The fraction of sp³-hybridized carbons (Fsp3) is 0.429. The van der Waals surface area contributed by atoms with Crippen LogP contribution in [0.2, 0.25) is 0 Å². The minimum Gasteiger partial charge on any atom is -0.478 e. The predicted molar refractivity (Wildman–Crippen MR) is 80.1 cm³/mol. The molecule has 1 aromatic carbocycles. The third-order valence-electron chi connectivity index (χ3n) is 3.52. The number of aromatic carboxylic acids is 1. The number of hydrogen-bond donors (Lipinski definition) is 2. The van der Waals surface area contributed by atoms with Gasteiger partial charge < -0.3 is 15.3 Å². The molecule has 108 valence electrons. The van der Waals surface area contributed by atoms with Gasteiger partial charge >= 0.3 is 12.0 Å². The lowest BCUT2D eigenvalue weighted by Gasteiger charge is -2.30. The SMILES string of the molecule is CC1CCN(C(=O)Nc2cc(Br)ccc2C(=O)O)CC1. The van der Waals surface area contributed by atoms with Gasteiger partial charge in [0.25, 0.3) is 0 Å². The highest BCUT2D eigenvalue weighted by Gasteiger charge is 2.21. The molecule has 1 aliphatic rings. The lowest BCUT2D eigenvalue weighted by Crippen LogP contribution is -2.40. The van der Waals surface area contributed by atoms with E-state index in [2.05, 4.69) is 28.2 Å². The molecule has 1 heterocycles. The Balaban J connectivity index is 2.11. The van der Waals surface area contributed by atoms with E-state index in [9.17, 15) is 9.59 Å². The summed E-state index contributed by atoms with van der Waals surface area (Å²) in [5.41, 5.74) is 0.405. The Kier molecular flexibility index (Phi) is 4.65. The van der Waals surface area contributed by atoms with Gasteiger partial charge in [-0.1, -0.05) is 22.9 Å². The summed E-state index contributed by atoms with van der Waals surface area (Å²) in [5.74, 6) is -0.417. The maximum atomic E-state index is 12.2. The van der Waals surface area contributed by atoms with Gasteiger partial charge in [-0.15, -0.1) is 0 Å². The fourth-order valence-corrected chi connectivity index (χ4v) is 2.57. The summed E-state index contributed by atoms with van der Waals surface area (Å²) < 4.78 is 0.727. The largest absolute Gasteiger partial charge is 0.478 e. The molecule has 1 saturated heterocycles. The number of piperidine rings is 1. The van der Waals surface area contributed by atoms with Gasteiger partial charge in [-0.2, -0.15) is 0 Å². The van der Waals surface area contributed by atoms with E-state index in [1.165, 1.54) is 6.07 Å². The van der Waals surface area contributed by atoms with Crippen molar-refractivity contribution < 1.29 is 14.7 Å². The van der Waals surface area contributed by atoms with Crippen LogP contribution in [-0.4, -0.2) is 35.1 Å². The Bertz CT molecular complexity index is 525. The quantitative estimate of drug-likeness (QED) is 0.866. The first-order valence-corrected chi connectivity index (χ1v) is 7.35. The molecule has 0 atom stereocenters. The number of carboxylic acids is 1. The maximum Gasteiger partial charge on any atom is 0.337 e. The molecule has 1 aliphatic heterocycles. The summed E-state index contributed by atoms with van der Waals surface area (Å²) >= 11 is 3.28. The van der Waals surface area contributed by atoms with Crippen LogP contribution in [-0.2, 0) is 0 Å². The molecule has 0 spiro atoms. The second kappa shape index (κ2) is 6.26. The number of carbonyl (C=O) groups is 2. The van der Waals surface area contributed by atoms with Crippen LogP contribution in [0.5, 0.6) is 0 Å². The first-order chi connectivity index (χ1) is 9.47. The highest BCUT2D eigenvalue weighted by atomic mass is 79.9. The van der Waals surface area contributed by atoms with Crippen LogP contribution in [0.25, 0.3) is 0 Å². The van der Waals surface area contributed by atoms with Crippen molar-refractivity contribution in [3.63, 3.8) is 0 Å². The molecule has 1 aromatic rings. The molecule has 0 radical (unpaired) electrons. The normalized spacial score (nSPS) is 16.0. The van der Waals surface area contributed by atoms with Gasteiger partial charge in [-0.05, 0) is 37.0 Å². The molecule has 20 heavy (non-hydrogen) atoms. The van der Waals surface area contributed by atoms with E-state index in [0.29, 0.717) is 24.7 Å². The van der Waals surface area contributed by atoms with Crippen molar-refractivity contribution in [3.8, 4) is 0 Å². The molecule has 2 rings (SSSR count). The number of halogens is 1. The first-order valence-electron chi connectivity index (χ1n) is 6.56. The Morgan fingerprint density at radius 3 is 2.60 bits per heavy atom. The van der Waals surface area contributed by atoms with Gasteiger partial charge in [0.1, 0.15) is 0 Å². The molecule has 2 N–H and O–H groups in total. The highest BCUT2D eigenvalue weighted by molar-refractivity contribution is 9.10. The van der Waals surface area contributed by atoms with E-state index in [1.807, 2.05) is 0 Å². The van der Waals surface area contributed by atoms with Crippen LogP contribution >= 0.6 is 15.9 Å². The second-order valence-electron chi connectivity index (χ2n) is 5.09. The Morgan fingerprint density at radius 1 is 1.35 bits per heavy atom. The smallest absolute Gasteiger partial charge is 0.337 e. The minimum atomic E-state index is -1.06. The Hall–Kier alpha value is -1.56. The van der Waals surface area contributed by atoms with Crippen LogP contribution in [0.15, 0.2) is 22.7 Å². The molecule has 2 amide bonds. The number of carbonyl (C=O) groups excluding carboxylic acids is 1. The second-order valence-corrected chi connectivity index (χ2v) is 6.01. The van der Waals surface area contributed by atoms with Crippen molar-refractivity contribution in [2.45, 2.75) is 19.8 Å². The zero-order chi connectivity index (χ0) is 14.7. The highest BCUT2D eigenvalue weighted by Crippen LogP contribution is 2.23. The molecule has 0 aromatic heterocycles. The molecule has 0 bridgehead atoms. The van der Waals surface area contributed by atoms with E-state index in [-0.39, 0.29) is 11.6 Å². The van der Waals surface area contributed by atoms with Crippen LogP contribution in [0.4, 0.5) is 10.5 Å². The summed E-state index contributed by atoms with van der Waals surface area (Å²) in [5, 5.41) is 11.8. The lowest BCUT2D eigenvalue weighted by atomic mass is 10.00. The summed E-state index contributed by atoms with van der Waals surface area (Å²) in [6.07, 6.45) is 1.97. The first kappa shape index (κ1) is 14.8. The number of urea groups is 1. The van der Waals surface area contributed by atoms with E-state index >= 15 is 0 Å². The molecule has 1 fully saturated rings. The zero-order valence-corrected chi connectivity index (χ0v) is 12.8. The maximum absolute atomic E-state index is 12.2. The van der Waals surface area contributed by atoms with Crippen molar-refractivity contribution in [2.75, 3.05) is 18.4 Å². The monoisotopic (exact) mass is 340 g/mol. The Labute approximate surface area is 126 Å². The van der Waals surface area contributed by atoms with Crippen LogP contribution in [0.3, 0.4) is 0 Å². The van der Waals surface area contributed by atoms with Crippen molar-refractivity contribution >= 4 is 33.6 Å². The van der Waals surface area contributed by atoms with Crippen LogP contribution < -0.4 is 5.32 Å². The van der Waals surface area contributed by atoms with E-state index in [0.717, 1.165) is 17.3 Å². The van der Waals surface area contributed by atoms with Gasteiger partial charge in [-0.3, -0.25) is 0 Å². The average Bonchev–Trinajstić information content (AvgIpc) is 2.39. The number of carboxylic acid groups (broad SMARTS) is 1. The fourth-order valence-electron chi connectivity index (χ4n) is 2.21. The topological polar surface area (TPSA) is 69.6 Å². The number of nitrogens with zero attached hydrogens (tertiary/aromatic N) is 1. The van der Waals surface area contributed by atoms with Gasteiger partial charge in [-0.25, -0.2) is 9.59 Å². The summed E-state index contributed by atoms with van der Waals surface area (Å²) in [4.78, 5) is 25.0. The summed E-state index contributed by atoms with van der Waals surface area (Å²) in [6, 6.07) is 4.48. The van der Waals surface area contributed by atoms with E-state index in [4.69, 9.17) is 5.11 Å². The predicted octanol–water partition coefficient (Wildman–Crippen LogP) is 3.41. The van der Waals surface area contributed by atoms with Gasteiger partial charge in [0.15, 0.2) is 0 Å². The van der Waals surface area contributed by atoms with Crippen molar-refractivity contribution in [1.82, 2.24) is 4.90 Å². The molecule has 0 saturated carbocycles. The average molecular weight is 341 g/mol. The number of likely N-dealkylation sites (tertiary alicyclic amines) is 1. The third-order valence-corrected chi connectivity index (χ3v) is 4.02. The van der Waals surface area contributed by atoms with Crippen molar-refractivity contribution in [1.29, 1.82) is 0 Å². The number of nitrogens with one attached hydrogen (secondary N) is 1. The minimum absolute atomic E-state index is 0.0897. The molecule has 6 heteroatoms. The van der Waals surface area contributed by atoms with Crippen LogP contribution in [0.1, 0.15) is 30.1 Å². The van der Waals surface area contributed by atoms with E-state index in [1.54, 1.807) is 17.0 Å². The molecule has 5 nitrogen and oxygen atoms in total. The number of hydrogen-bond acceptors (Lipinski definition) is 2. The molecular weight excluding hydrogens is 324 g/mol. The number of benzene rings is 1. The van der Waals surface area contributed by atoms with E-state index < -0.39 is 5.97 Å². The zero-order valence-electron chi connectivity index (χ0n) is 11.2. The molecule has 0 aliphatic carbocycles. The van der Waals surface area contributed by atoms with Crippen LogP contribution in [0, 0.1) is 5.92 Å². The molecule has 0 unspecified atom stereocenters. The Morgan fingerprint density at radius 2 is 2.00 bits per heavy atom. The third kappa shape index (κ3) is 3.50. The van der Waals surface area contributed by atoms with Gasteiger partial charge in [0.2, 0.25) is 0 Å². The number of rotatable bonds is 2. The van der Waals surface area contributed by atoms with Gasteiger partial charge in [0, 0.05) is 17.6 Å². The van der Waals surface area contributed by atoms with Crippen molar-refractivity contribution in [3.05, 3.63) is 28.2 Å². The molecular formula is C14H17BrN2O3. The number of amides is 2. The standard InChI is InChI=1S/C14H17BrN2O3/c1-9-4-6-17(7-5-9)14(20)16-12-8-10(15)2-3-11(12)13(18)19/h2-3,8-9H,4-7H2,1H3,(H,16,20)(H,18,19). The lowest BCUT2D eigenvalue weighted by molar-refractivity contribution is 0.0698. The van der Waals surface area contributed by atoms with Gasteiger partial charge in [0.05, 0.1) is 11.3 Å². The summed E-state index contributed by atoms with van der Waals surface area (Å²) in [7, 11) is 0.